The second-order valence-electron chi connectivity index (χ2n) is 6.72. The third-order valence-corrected chi connectivity index (χ3v) is 5.69. The van der Waals surface area contributed by atoms with E-state index in [1.54, 1.807) is 43.5 Å². The summed E-state index contributed by atoms with van der Waals surface area (Å²) in [5.74, 6) is 0.240. The first-order valence-electron chi connectivity index (χ1n) is 9.81. The number of amides is 1. The molecule has 0 radical (unpaired) electrons. The monoisotopic (exact) mass is 474 g/mol. The summed E-state index contributed by atoms with van der Waals surface area (Å²) >= 11 is 7.30. The van der Waals surface area contributed by atoms with Crippen LogP contribution >= 0.6 is 23.4 Å². The minimum absolute atomic E-state index is 0.155. The highest BCUT2D eigenvalue weighted by molar-refractivity contribution is 7.99. The molecule has 2 aromatic carbocycles. The summed E-state index contributed by atoms with van der Waals surface area (Å²) in [4.78, 5) is 23.9. The van der Waals surface area contributed by atoms with Gasteiger partial charge in [0.25, 0.3) is 0 Å². The predicted molar refractivity (Wildman–Crippen MR) is 124 cm³/mol. The molecule has 10 heteroatoms. The van der Waals surface area contributed by atoms with Gasteiger partial charge >= 0.3 is 5.97 Å². The number of nitrogens with one attached hydrogen (secondary N) is 1. The maximum absolute atomic E-state index is 12.4. The fraction of sp³-hybridized carbons (Fsp3) is 0.273. The Morgan fingerprint density at radius 3 is 2.44 bits per heavy atom. The number of esters is 1. The molecule has 1 N–H and O–H groups in total. The topological polar surface area (TPSA) is 95.3 Å². The van der Waals surface area contributed by atoms with E-state index in [9.17, 15) is 9.59 Å². The zero-order valence-electron chi connectivity index (χ0n) is 17.7. The Morgan fingerprint density at radius 1 is 1.06 bits per heavy atom. The van der Waals surface area contributed by atoms with Gasteiger partial charge in [-0.1, -0.05) is 23.4 Å². The molecule has 0 spiro atoms. The van der Waals surface area contributed by atoms with Gasteiger partial charge in [0.05, 0.1) is 18.4 Å². The lowest BCUT2D eigenvalue weighted by atomic mass is 10.2. The summed E-state index contributed by atoms with van der Waals surface area (Å²) in [7, 11) is 2.98. The molecule has 3 aromatic rings. The normalized spacial score (nSPS) is 10.7. The standard InChI is InChI=1S/C22H23ClN4O4S/c1-30-13-3-12-27-20(15-4-8-17(23)9-5-15)25-26-22(27)32-14-19(28)24-18-10-6-16(7-11-18)21(29)31-2/h4-11H,3,12-14H2,1-2H3,(H,24,28). The third kappa shape index (κ3) is 6.32. The van der Waals surface area contributed by atoms with Crippen molar-refractivity contribution in [3.63, 3.8) is 0 Å². The molecule has 0 saturated heterocycles. The van der Waals surface area contributed by atoms with Gasteiger partial charge < -0.3 is 19.4 Å². The number of benzene rings is 2. The van der Waals surface area contributed by atoms with Crippen molar-refractivity contribution in [1.82, 2.24) is 14.8 Å². The Morgan fingerprint density at radius 2 is 1.78 bits per heavy atom. The van der Waals surface area contributed by atoms with E-state index in [0.717, 1.165) is 12.0 Å². The number of aromatic nitrogens is 3. The van der Waals surface area contributed by atoms with Crippen LogP contribution in [0.3, 0.4) is 0 Å². The summed E-state index contributed by atoms with van der Waals surface area (Å²) in [6.45, 7) is 1.25. The van der Waals surface area contributed by atoms with Gasteiger partial charge in [0.1, 0.15) is 0 Å². The molecule has 168 valence electrons. The number of hydrogen-bond acceptors (Lipinski definition) is 7. The predicted octanol–water partition coefficient (Wildman–Crippen LogP) is 4.15. The molecule has 0 aliphatic rings. The van der Waals surface area contributed by atoms with E-state index in [1.807, 2.05) is 16.7 Å². The van der Waals surface area contributed by atoms with Gasteiger partial charge in [-0.15, -0.1) is 10.2 Å². The van der Waals surface area contributed by atoms with E-state index < -0.39 is 5.97 Å². The largest absolute Gasteiger partial charge is 0.465 e. The van der Waals surface area contributed by atoms with Gasteiger partial charge in [0.2, 0.25) is 5.91 Å². The minimum Gasteiger partial charge on any atom is -0.465 e. The maximum Gasteiger partial charge on any atom is 0.337 e. The second-order valence-corrected chi connectivity index (χ2v) is 8.10. The van der Waals surface area contributed by atoms with Gasteiger partial charge in [-0.25, -0.2) is 4.79 Å². The maximum atomic E-state index is 12.4. The highest BCUT2D eigenvalue weighted by Crippen LogP contribution is 2.26. The van der Waals surface area contributed by atoms with Crippen LogP contribution in [-0.4, -0.2) is 53.2 Å². The number of halogens is 1. The molecule has 0 atom stereocenters. The molecule has 3 rings (SSSR count). The fourth-order valence-corrected chi connectivity index (χ4v) is 3.80. The number of anilines is 1. The molecule has 0 saturated carbocycles. The van der Waals surface area contributed by atoms with Gasteiger partial charge in [-0.3, -0.25) is 4.79 Å². The van der Waals surface area contributed by atoms with Crippen molar-refractivity contribution < 1.29 is 19.1 Å². The molecule has 0 unspecified atom stereocenters. The van der Waals surface area contributed by atoms with Gasteiger partial charge in [0.15, 0.2) is 11.0 Å². The Bertz CT molecular complexity index is 1050. The number of nitrogens with zero attached hydrogens (tertiary/aromatic N) is 3. The average molecular weight is 475 g/mol. The van der Waals surface area contributed by atoms with E-state index >= 15 is 0 Å². The van der Waals surface area contributed by atoms with Crippen LogP contribution in [0.25, 0.3) is 11.4 Å². The number of thioether (sulfide) groups is 1. The van der Waals surface area contributed by atoms with E-state index in [1.165, 1.54) is 18.9 Å². The quantitative estimate of drug-likeness (QED) is 0.268. The number of hydrogen-bond donors (Lipinski definition) is 1. The lowest BCUT2D eigenvalue weighted by Crippen LogP contribution is -2.15. The van der Waals surface area contributed by atoms with Crippen molar-refractivity contribution in [2.45, 2.75) is 18.1 Å². The first kappa shape index (κ1) is 23.8. The Balaban J connectivity index is 1.67. The highest BCUT2D eigenvalue weighted by atomic mass is 35.5. The Hall–Kier alpha value is -2.88. The van der Waals surface area contributed by atoms with Crippen LogP contribution in [0.4, 0.5) is 5.69 Å². The SMILES string of the molecule is COCCCn1c(SCC(=O)Nc2ccc(C(=O)OC)cc2)nnc1-c1ccc(Cl)cc1. The zero-order valence-corrected chi connectivity index (χ0v) is 19.3. The molecule has 1 amide bonds. The molecule has 0 aliphatic carbocycles. The van der Waals surface area contributed by atoms with Crippen LogP contribution in [-0.2, 0) is 20.8 Å². The smallest absolute Gasteiger partial charge is 0.337 e. The molecule has 0 bridgehead atoms. The second kappa shape index (κ2) is 11.7. The first-order chi connectivity index (χ1) is 15.5. The minimum atomic E-state index is -0.428. The van der Waals surface area contributed by atoms with Crippen molar-refractivity contribution in [3.05, 3.63) is 59.1 Å². The number of rotatable bonds is 10. The van der Waals surface area contributed by atoms with Crippen molar-refractivity contribution in [1.29, 1.82) is 0 Å². The highest BCUT2D eigenvalue weighted by Gasteiger charge is 2.16. The van der Waals surface area contributed by atoms with E-state index in [4.69, 9.17) is 16.3 Å². The zero-order chi connectivity index (χ0) is 22.9. The molecular weight excluding hydrogens is 452 g/mol. The summed E-state index contributed by atoms with van der Waals surface area (Å²) in [6, 6.07) is 13.9. The molecule has 32 heavy (non-hydrogen) atoms. The third-order valence-electron chi connectivity index (χ3n) is 4.47. The summed E-state index contributed by atoms with van der Waals surface area (Å²) in [6.07, 6.45) is 0.779. The lowest BCUT2D eigenvalue weighted by Gasteiger charge is -2.10. The average Bonchev–Trinajstić information content (AvgIpc) is 3.21. The van der Waals surface area contributed by atoms with Crippen molar-refractivity contribution in [3.8, 4) is 11.4 Å². The Labute approximate surface area is 195 Å². The van der Waals surface area contributed by atoms with E-state index in [2.05, 4.69) is 20.3 Å². The van der Waals surface area contributed by atoms with Crippen LogP contribution in [0.5, 0.6) is 0 Å². The summed E-state index contributed by atoms with van der Waals surface area (Å²) < 4.78 is 11.8. The van der Waals surface area contributed by atoms with Crippen molar-refractivity contribution in [2.75, 3.05) is 31.9 Å². The number of carbonyl (C=O) groups is 2. The summed E-state index contributed by atoms with van der Waals surface area (Å²) in [5, 5.41) is 12.7. The number of ether oxygens (including phenoxy) is 2. The van der Waals surface area contributed by atoms with Crippen LogP contribution in [0.1, 0.15) is 16.8 Å². The van der Waals surface area contributed by atoms with Crippen molar-refractivity contribution in [2.24, 2.45) is 0 Å². The van der Waals surface area contributed by atoms with Crippen molar-refractivity contribution >= 4 is 40.9 Å². The Kier molecular flexibility index (Phi) is 8.66. The molecule has 1 aromatic heterocycles. The lowest BCUT2D eigenvalue weighted by molar-refractivity contribution is -0.113. The molecular formula is C22H23ClN4O4S. The summed E-state index contributed by atoms with van der Waals surface area (Å²) in [5.41, 5.74) is 1.90. The number of carbonyl (C=O) groups excluding carboxylic acids is 2. The fourth-order valence-electron chi connectivity index (χ4n) is 2.91. The number of methoxy groups -OCH3 is 2. The van der Waals surface area contributed by atoms with Crippen LogP contribution in [0.15, 0.2) is 53.7 Å². The molecule has 1 heterocycles. The van der Waals surface area contributed by atoms with E-state index in [-0.39, 0.29) is 11.7 Å². The molecule has 0 aliphatic heterocycles. The van der Waals surface area contributed by atoms with E-state index in [0.29, 0.717) is 40.4 Å². The van der Waals surface area contributed by atoms with Crippen LogP contribution in [0, 0.1) is 0 Å². The molecule has 8 nitrogen and oxygen atoms in total. The molecule has 0 fully saturated rings. The van der Waals surface area contributed by atoms with Gasteiger partial charge in [0, 0.05) is 36.5 Å². The van der Waals surface area contributed by atoms with Gasteiger partial charge in [-0.2, -0.15) is 0 Å². The van der Waals surface area contributed by atoms with Crippen LogP contribution < -0.4 is 5.32 Å². The first-order valence-corrected chi connectivity index (χ1v) is 11.2. The van der Waals surface area contributed by atoms with Gasteiger partial charge in [-0.05, 0) is 55.0 Å². The van der Waals surface area contributed by atoms with Crippen LogP contribution in [0.2, 0.25) is 5.02 Å².